The van der Waals surface area contributed by atoms with Gasteiger partial charge in [-0.25, -0.2) is 0 Å². The van der Waals surface area contributed by atoms with Crippen molar-refractivity contribution in [1.29, 1.82) is 0 Å². The standard InChI is InChI=1S/C20H41N/c1-5-8-11-19(10-7-3)20-14-12-18(13-15-20)17-21(4)16-9-6-2/h18-20H,5-17H2,1-4H3. The van der Waals surface area contributed by atoms with Gasteiger partial charge in [0.25, 0.3) is 0 Å². The minimum atomic E-state index is 0.983. The Morgan fingerprint density at radius 3 is 2.10 bits per heavy atom. The SMILES string of the molecule is CCCCC(CCC)C1CCC(CN(C)CCCC)CC1. The van der Waals surface area contributed by atoms with Crippen molar-refractivity contribution in [2.45, 2.75) is 91.4 Å². The summed E-state index contributed by atoms with van der Waals surface area (Å²) in [5.74, 6) is 3.07. The van der Waals surface area contributed by atoms with Gasteiger partial charge in [0.15, 0.2) is 0 Å². The molecule has 1 atom stereocenters. The lowest BCUT2D eigenvalue weighted by molar-refractivity contribution is 0.156. The first-order chi connectivity index (χ1) is 10.2. The number of unbranched alkanes of at least 4 members (excludes halogenated alkanes) is 2. The Balaban J connectivity index is 2.28. The second kappa shape index (κ2) is 11.5. The highest BCUT2D eigenvalue weighted by atomic mass is 15.1. The molecule has 1 saturated carbocycles. The van der Waals surface area contributed by atoms with E-state index in [0.29, 0.717) is 0 Å². The van der Waals surface area contributed by atoms with Crippen LogP contribution >= 0.6 is 0 Å². The maximum absolute atomic E-state index is 2.58. The molecule has 0 aliphatic heterocycles. The molecule has 0 radical (unpaired) electrons. The van der Waals surface area contributed by atoms with Gasteiger partial charge in [0.05, 0.1) is 0 Å². The third kappa shape index (κ3) is 7.68. The molecule has 21 heavy (non-hydrogen) atoms. The fraction of sp³-hybridized carbons (Fsp3) is 1.00. The van der Waals surface area contributed by atoms with Crippen LogP contribution in [0.3, 0.4) is 0 Å². The molecule has 0 heterocycles. The highest BCUT2D eigenvalue weighted by Crippen LogP contribution is 2.37. The first-order valence-corrected chi connectivity index (χ1v) is 9.89. The molecule has 1 unspecified atom stereocenters. The van der Waals surface area contributed by atoms with Gasteiger partial charge >= 0.3 is 0 Å². The molecule has 1 aliphatic carbocycles. The van der Waals surface area contributed by atoms with Crippen molar-refractivity contribution < 1.29 is 0 Å². The van der Waals surface area contributed by atoms with Crippen LogP contribution in [0.2, 0.25) is 0 Å². The topological polar surface area (TPSA) is 3.24 Å². The molecule has 0 spiro atoms. The van der Waals surface area contributed by atoms with E-state index in [2.05, 4.69) is 32.7 Å². The predicted molar refractivity (Wildman–Crippen MR) is 95.8 cm³/mol. The zero-order valence-electron chi connectivity index (χ0n) is 15.4. The molecular weight excluding hydrogens is 254 g/mol. The molecule has 0 aromatic rings. The molecule has 126 valence electrons. The van der Waals surface area contributed by atoms with Gasteiger partial charge in [0.2, 0.25) is 0 Å². The Kier molecular flexibility index (Phi) is 10.4. The monoisotopic (exact) mass is 295 g/mol. The van der Waals surface area contributed by atoms with Crippen LogP contribution in [0.5, 0.6) is 0 Å². The highest BCUT2D eigenvalue weighted by Gasteiger charge is 2.27. The number of hydrogen-bond acceptors (Lipinski definition) is 1. The molecule has 1 heteroatoms. The summed E-state index contributed by atoms with van der Waals surface area (Å²) in [5, 5.41) is 0. The molecule has 0 aromatic carbocycles. The fourth-order valence-corrected chi connectivity index (χ4v) is 4.26. The lowest BCUT2D eigenvalue weighted by Gasteiger charge is -2.35. The summed E-state index contributed by atoms with van der Waals surface area (Å²) < 4.78 is 0. The van der Waals surface area contributed by atoms with Crippen LogP contribution in [0.1, 0.15) is 91.4 Å². The molecule has 0 N–H and O–H groups in total. The first kappa shape index (κ1) is 19.0. The number of nitrogens with zero attached hydrogens (tertiary/aromatic N) is 1. The van der Waals surface area contributed by atoms with E-state index in [1.807, 2.05) is 0 Å². The van der Waals surface area contributed by atoms with E-state index < -0.39 is 0 Å². The van der Waals surface area contributed by atoms with Crippen molar-refractivity contribution >= 4 is 0 Å². The van der Waals surface area contributed by atoms with E-state index in [9.17, 15) is 0 Å². The summed E-state index contributed by atoms with van der Waals surface area (Å²) in [6, 6.07) is 0. The lowest BCUT2D eigenvalue weighted by Crippen LogP contribution is -2.30. The third-order valence-corrected chi connectivity index (χ3v) is 5.61. The van der Waals surface area contributed by atoms with E-state index in [4.69, 9.17) is 0 Å². The van der Waals surface area contributed by atoms with E-state index >= 15 is 0 Å². The van der Waals surface area contributed by atoms with Crippen molar-refractivity contribution in [3.63, 3.8) is 0 Å². The summed E-state index contributed by atoms with van der Waals surface area (Å²) in [6.45, 7) is 9.65. The molecule has 0 bridgehead atoms. The Morgan fingerprint density at radius 1 is 0.857 bits per heavy atom. The Labute approximate surface area is 134 Å². The van der Waals surface area contributed by atoms with Gasteiger partial charge < -0.3 is 4.90 Å². The largest absolute Gasteiger partial charge is 0.306 e. The van der Waals surface area contributed by atoms with Gasteiger partial charge in [-0.3, -0.25) is 0 Å². The zero-order valence-corrected chi connectivity index (χ0v) is 15.4. The van der Waals surface area contributed by atoms with Crippen LogP contribution in [0.15, 0.2) is 0 Å². The van der Waals surface area contributed by atoms with Crippen molar-refractivity contribution in [3.8, 4) is 0 Å². The van der Waals surface area contributed by atoms with Gasteiger partial charge in [-0.15, -0.1) is 0 Å². The molecule has 0 amide bonds. The van der Waals surface area contributed by atoms with E-state index in [1.165, 1.54) is 83.7 Å². The molecule has 1 rings (SSSR count). The Bertz CT molecular complexity index is 230. The fourth-order valence-electron chi connectivity index (χ4n) is 4.26. The first-order valence-electron chi connectivity index (χ1n) is 9.89. The van der Waals surface area contributed by atoms with Crippen LogP contribution < -0.4 is 0 Å². The van der Waals surface area contributed by atoms with Gasteiger partial charge in [-0.2, -0.15) is 0 Å². The smallest absolute Gasteiger partial charge is 0.000661 e. The summed E-state index contributed by atoms with van der Waals surface area (Å²) in [7, 11) is 2.32. The molecule has 0 aromatic heterocycles. The summed E-state index contributed by atoms with van der Waals surface area (Å²) in [6.07, 6.45) is 15.9. The molecule has 1 fully saturated rings. The lowest BCUT2D eigenvalue weighted by atomic mass is 9.73. The average Bonchev–Trinajstić information content (AvgIpc) is 2.50. The minimum Gasteiger partial charge on any atom is -0.306 e. The van der Waals surface area contributed by atoms with E-state index in [0.717, 1.165) is 17.8 Å². The predicted octanol–water partition coefficient (Wildman–Crippen LogP) is 6.13. The maximum Gasteiger partial charge on any atom is 0.000661 e. The molecular formula is C20H41N. The molecule has 1 nitrogen and oxygen atoms in total. The van der Waals surface area contributed by atoms with Gasteiger partial charge in [-0.05, 0) is 63.5 Å². The summed E-state index contributed by atoms with van der Waals surface area (Å²) in [4.78, 5) is 2.58. The number of hydrogen-bond donors (Lipinski definition) is 0. The number of rotatable bonds is 11. The van der Waals surface area contributed by atoms with E-state index in [-0.39, 0.29) is 0 Å². The summed E-state index contributed by atoms with van der Waals surface area (Å²) in [5.41, 5.74) is 0. The molecule has 1 aliphatic rings. The minimum absolute atomic E-state index is 0.983. The van der Waals surface area contributed by atoms with Gasteiger partial charge in [0.1, 0.15) is 0 Å². The molecule has 0 saturated heterocycles. The summed E-state index contributed by atoms with van der Waals surface area (Å²) >= 11 is 0. The van der Waals surface area contributed by atoms with Gasteiger partial charge in [0, 0.05) is 6.54 Å². The van der Waals surface area contributed by atoms with E-state index in [1.54, 1.807) is 0 Å². The van der Waals surface area contributed by atoms with Crippen LogP contribution in [0, 0.1) is 17.8 Å². The van der Waals surface area contributed by atoms with Crippen LogP contribution in [-0.2, 0) is 0 Å². The highest BCUT2D eigenvalue weighted by molar-refractivity contribution is 4.79. The second-order valence-corrected chi connectivity index (χ2v) is 7.59. The van der Waals surface area contributed by atoms with Crippen molar-refractivity contribution in [2.24, 2.45) is 17.8 Å². The van der Waals surface area contributed by atoms with Crippen molar-refractivity contribution in [2.75, 3.05) is 20.1 Å². The quantitative estimate of drug-likeness (QED) is 0.443. The van der Waals surface area contributed by atoms with Crippen molar-refractivity contribution in [3.05, 3.63) is 0 Å². The second-order valence-electron chi connectivity index (χ2n) is 7.59. The maximum atomic E-state index is 2.58. The third-order valence-electron chi connectivity index (χ3n) is 5.61. The van der Waals surface area contributed by atoms with Crippen LogP contribution in [0.4, 0.5) is 0 Å². The van der Waals surface area contributed by atoms with Crippen LogP contribution in [0.25, 0.3) is 0 Å². The normalized spacial score (nSPS) is 24.4. The van der Waals surface area contributed by atoms with Crippen molar-refractivity contribution in [1.82, 2.24) is 4.90 Å². The van der Waals surface area contributed by atoms with Gasteiger partial charge in [-0.1, -0.05) is 59.3 Å². The Morgan fingerprint density at radius 2 is 1.52 bits per heavy atom. The van der Waals surface area contributed by atoms with Crippen LogP contribution in [-0.4, -0.2) is 25.0 Å². The average molecular weight is 296 g/mol. The zero-order chi connectivity index (χ0) is 15.5. The Hall–Kier alpha value is -0.0400.